The van der Waals surface area contributed by atoms with Crippen molar-refractivity contribution in [1.82, 2.24) is 15.6 Å². The average molecular weight is 256 g/mol. The van der Waals surface area contributed by atoms with Gasteiger partial charge >= 0.3 is 0 Å². The third kappa shape index (κ3) is 3.41. The van der Waals surface area contributed by atoms with Gasteiger partial charge in [0, 0.05) is 13.0 Å². The molecule has 100 valence electrons. The molecule has 8 heteroatoms. The number of carbonyl (C=O) groups is 1. The van der Waals surface area contributed by atoms with E-state index >= 15 is 0 Å². The van der Waals surface area contributed by atoms with Crippen molar-refractivity contribution in [2.24, 2.45) is 0 Å². The zero-order valence-electron chi connectivity index (χ0n) is 10.1. The predicted octanol–water partition coefficient (Wildman–Crippen LogP) is -2.31. The summed E-state index contributed by atoms with van der Waals surface area (Å²) in [6.45, 7) is 5.33. The molecule has 1 aliphatic heterocycles. The Balaban J connectivity index is 1.63. The molecular weight excluding hydrogens is 238 g/mol. The number of nitrogens with one attached hydrogen (secondary N) is 2. The van der Waals surface area contributed by atoms with Crippen LogP contribution in [0.2, 0.25) is 0 Å². The maximum atomic E-state index is 11.6. The number of ether oxygens (including phenoxy) is 1. The van der Waals surface area contributed by atoms with E-state index in [4.69, 9.17) is 10.5 Å². The van der Waals surface area contributed by atoms with Gasteiger partial charge in [-0.15, -0.1) is 0 Å². The number of nitrogens with two attached hydrogens (primary N) is 1. The predicted molar refractivity (Wildman–Crippen MR) is 62.0 cm³/mol. The van der Waals surface area contributed by atoms with E-state index in [1.54, 1.807) is 0 Å². The molecule has 0 radical (unpaired) electrons. The highest BCUT2D eigenvalue weighted by Crippen LogP contribution is 2.02. The van der Waals surface area contributed by atoms with Gasteiger partial charge in [-0.2, -0.15) is 0 Å². The number of nitrogens with zero attached hydrogens (tertiary/aromatic N) is 2. The van der Waals surface area contributed by atoms with E-state index < -0.39 is 0 Å². The fraction of sp³-hybridized carbons (Fsp3) is 0.700. The second-order valence-corrected chi connectivity index (χ2v) is 4.22. The van der Waals surface area contributed by atoms with Gasteiger partial charge in [0.15, 0.2) is 0 Å². The average Bonchev–Trinajstić information content (AvgIpc) is 2.82. The maximum absolute atomic E-state index is 11.6. The van der Waals surface area contributed by atoms with Crippen molar-refractivity contribution in [2.45, 2.75) is 6.42 Å². The second kappa shape index (κ2) is 6.31. The van der Waals surface area contributed by atoms with Crippen LogP contribution in [0, 0.1) is 0 Å². The van der Waals surface area contributed by atoms with Gasteiger partial charge in [-0.25, -0.2) is 4.63 Å². The summed E-state index contributed by atoms with van der Waals surface area (Å²) in [6.07, 6.45) is 0.909. The molecular formula is C10H18N5O3+. The number of anilines is 1. The van der Waals surface area contributed by atoms with Crippen LogP contribution < -0.4 is 16.0 Å². The van der Waals surface area contributed by atoms with Crippen LogP contribution in [0.4, 0.5) is 5.82 Å². The van der Waals surface area contributed by atoms with E-state index in [0.29, 0.717) is 6.54 Å². The number of hydrogen-bond donors (Lipinski definition) is 3. The largest absolute Gasteiger partial charge is 0.379 e. The SMILES string of the molecule is Nc1nonc1C(=O)NCCC[NH+]1CCOCC1. The lowest BCUT2D eigenvalue weighted by Crippen LogP contribution is -3.14. The Morgan fingerprint density at radius 3 is 2.83 bits per heavy atom. The van der Waals surface area contributed by atoms with Gasteiger partial charge in [0.25, 0.3) is 5.91 Å². The molecule has 0 aliphatic carbocycles. The summed E-state index contributed by atoms with van der Waals surface area (Å²) < 4.78 is 9.64. The Kier molecular flexibility index (Phi) is 4.48. The summed E-state index contributed by atoms with van der Waals surface area (Å²) >= 11 is 0. The lowest BCUT2D eigenvalue weighted by Gasteiger charge is -2.23. The van der Waals surface area contributed by atoms with Crippen LogP contribution in [-0.4, -0.2) is 55.6 Å². The molecule has 2 heterocycles. The van der Waals surface area contributed by atoms with Crippen LogP contribution in [0.1, 0.15) is 16.9 Å². The molecule has 0 aromatic carbocycles. The van der Waals surface area contributed by atoms with Gasteiger partial charge < -0.3 is 20.7 Å². The molecule has 1 amide bonds. The molecule has 18 heavy (non-hydrogen) atoms. The van der Waals surface area contributed by atoms with Crippen LogP contribution in [-0.2, 0) is 4.74 Å². The fourth-order valence-corrected chi connectivity index (χ4v) is 1.89. The highest BCUT2D eigenvalue weighted by molar-refractivity contribution is 5.95. The first-order chi connectivity index (χ1) is 8.77. The van der Waals surface area contributed by atoms with Crippen molar-refractivity contribution in [3.63, 3.8) is 0 Å². The molecule has 1 saturated heterocycles. The van der Waals surface area contributed by atoms with Crippen molar-refractivity contribution in [1.29, 1.82) is 0 Å². The van der Waals surface area contributed by atoms with Crippen LogP contribution in [0.5, 0.6) is 0 Å². The normalized spacial score (nSPS) is 16.7. The molecule has 0 bridgehead atoms. The van der Waals surface area contributed by atoms with E-state index in [1.807, 2.05) is 0 Å². The van der Waals surface area contributed by atoms with Crippen molar-refractivity contribution in [3.8, 4) is 0 Å². The van der Waals surface area contributed by atoms with Gasteiger partial charge in [-0.1, -0.05) is 0 Å². The minimum Gasteiger partial charge on any atom is -0.379 e. The molecule has 0 unspecified atom stereocenters. The zero-order valence-corrected chi connectivity index (χ0v) is 10.1. The van der Waals surface area contributed by atoms with Crippen molar-refractivity contribution < 1.29 is 19.1 Å². The summed E-state index contributed by atoms with van der Waals surface area (Å²) in [5.74, 6) is -0.322. The number of amides is 1. The van der Waals surface area contributed by atoms with Crippen molar-refractivity contribution in [3.05, 3.63) is 5.69 Å². The van der Waals surface area contributed by atoms with E-state index in [2.05, 4.69) is 20.3 Å². The van der Waals surface area contributed by atoms with Crippen molar-refractivity contribution in [2.75, 3.05) is 45.1 Å². The van der Waals surface area contributed by atoms with Gasteiger partial charge in [0.1, 0.15) is 13.1 Å². The molecule has 1 aliphatic rings. The lowest BCUT2D eigenvalue weighted by atomic mass is 10.3. The quantitative estimate of drug-likeness (QED) is 0.511. The van der Waals surface area contributed by atoms with E-state index in [9.17, 15) is 4.79 Å². The third-order valence-electron chi connectivity index (χ3n) is 2.92. The minimum absolute atomic E-state index is 0.0197. The van der Waals surface area contributed by atoms with Crippen LogP contribution in [0.25, 0.3) is 0 Å². The second-order valence-electron chi connectivity index (χ2n) is 4.22. The first-order valence-corrected chi connectivity index (χ1v) is 6.05. The highest BCUT2D eigenvalue weighted by atomic mass is 16.6. The van der Waals surface area contributed by atoms with Crippen molar-refractivity contribution >= 4 is 11.7 Å². The van der Waals surface area contributed by atoms with Gasteiger partial charge in [0.2, 0.25) is 11.5 Å². The van der Waals surface area contributed by atoms with Gasteiger partial charge in [0.05, 0.1) is 19.8 Å². The van der Waals surface area contributed by atoms with Crippen LogP contribution in [0.15, 0.2) is 4.63 Å². The van der Waals surface area contributed by atoms with E-state index in [1.165, 1.54) is 4.90 Å². The minimum atomic E-state index is -0.342. The monoisotopic (exact) mass is 256 g/mol. The number of quaternary nitrogens is 1. The third-order valence-corrected chi connectivity index (χ3v) is 2.92. The lowest BCUT2D eigenvalue weighted by molar-refractivity contribution is -0.908. The van der Waals surface area contributed by atoms with Crippen LogP contribution in [0.3, 0.4) is 0 Å². The Bertz CT molecular complexity index is 389. The first-order valence-electron chi connectivity index (χ1n) is 6.05. The molecule has 1 aromatic rings. The zero-order chi connectivity index (χ0) is 12.8. The summed E-state index contributed by atoms with van der Waals surface area (Å²) in [6, 6.07) is 0. The van der Waals surface area contributed by atoms with Gasteiger partial charge in [-0.05, 0) is 10.3 Å². The molecule has 0 atom stereocenters. The molecule has 1 fully saturated rings. The molecule has 0 saturated carbocycles. The van der Waals surface area contributed by atoms with E-state index in [-0.39, 0.29) is 17.4 Å². The Labute approximate surface area is 104 Å². The Hall–Kier alpha value is -1.67. The maximum Gasteiger partial charge on any atom is 0.277 e. The number of hydrogen-bond acceptors (Lipinski definition) is 6. The number of morpholine rings is 1. The Morgan fingerprint density at radius 2 is 2.17 bits per heavy atom. The Morgan fingerprint density at radius 1 is 1.39 bits per heavy atom. The number of nitrogen functional groups attached to an aromatic ring is 1. The summed E-state index contributed by atoms with van der Waals surface area (Å²) in [4.78, 5) is 13.1. The number of rotatable bonds is 5. The summed E-state index contributed by atoms with van der Waals surface area (Å²) in [5.41, 5.74) is 5.47. The molecule has 1 aromatic heterocycles. The number of aromatic nitrogens is 2. The molecule has 4 N–H and O–H groups in total. The number of carbonyl (C=O) groups excluding carboxylic acids is 1. The standard InChI is InChI=1S/C10H17N5O3/c11-9-8(13-18-14-9)10(16)12-2-1-3-15-4-6-17-7-5-15/h1-7H2,(H2,11,14)(H,12,16)/p+1. The van der Waals surface area contributed by atoms with Gasteiger partial charge in [-0.3, -0.25) is 4.79 Å². The highest BCUT2D eigenvalue weighted by Gasteiger charge is 2.16. The first kappa shape index (κ1) is 12.8. The fourth-order valence-electron chi connectivity index (χ4n) is 1.89. The van der Waals surface area contributed by atoms with E-state index in [0.717, 1.165) is 39.3 Å². The molecule has 8 nitrogen and oxygen atoms in total. The molecule has 2 rings (SSSR count). The summed E-state index contributed by atoms with van der Waals surface area (Å²) in [7, 11) is 0. The van der Waals surface area contributed by atoms with Crippen LogP contribution >= 0.6 is 0 Å². The topological polar surface area (TPSA) is 108 Å². The molecule has 0 spiro atoms. The summed E-state index contributed by atoms with van der Waals surface area (Å²) in [5, 5.41) is 9.53. The smallest absolute Gasteiger partial charge is 0.277 e.